The lowest BCUT2D eigenvalue weighted by molar-refractivity contribution is -0.134. The SMILES string of the molecule is CCC(C(=O)C(C)(C)C)C(C)(C)CC(C)c1ccncc1. The van der Waals surface area contributed by atoms with Crippen LogP contribution >= 0.6 is 0 Å². The van der Waals surface area contributed by atoms with Crippen molar-refractivity contribution in [1.82, 2.24) is 4.98 Å². The average Bonchev–Trinajstić information content (AvgIpc) is 2.38. The van der Waals surface area contributed by atoms with Crippen LogP contribution in [-0.2, 0) is 4.79 Å². The molecule has 0 spiro atoms. The minimum absolute atomic E-state index is 0.00179. The van der Waals surface area contributed by atoms with Crippen molar-refractivity contribution in [3.8, 4) is 0 Å². The van der Waals surface area contributed by atoms with E-state index in [0.717, 1.165) is 12.8 Å². The van der Waals surface area contributed by atoms with Crippen LogP contribution in [0.15, 0.2) is 24.5 Å². The first-order chi connectivity index (χ1) is 9.59. The van der Waals surface area contributed by atoms with E-state index in [2.05, 4.69) is 44.8 Å². The first-order valence-corrected chi connectivity index (χ1v) is 8.04. The summed E-state index contributed by atoms with van der Waals surface area (Å²) in [5.74, 6) is 0.934. The van der Waals surface area contributed by atoms with Gasteiger partial charge in [-0.3, -0.25) is 9.78 Å². The molecule has 2 atom stereocenters. The van der Waals surface area contributed by atoms with Crippen molar-refractivity contribution < 1.29 is 4.79 Å². The van der Waals surface area contributed by atoms with Crippen molar-refractivity contribution in [3.05, 3.63) is 30.1 Å². The molecular weight excluding hydrogens is 258 g/mol. The van der Waals surface area contributed by atoms with Gasteiger partial charge in [-0.05, 0) is 41.9 Å². The number of aromatic nitrogens is 1. The highest BCUT2D eigenvalue weighted by atomic mass is 16.1. The monoisotopic (exact) mass is 289 g/mol. The summed E-state index contributed by atoms with van der Waals surface area (Å²) in [6.45, 7) is 14.9. The number of nitrogens with zero attached hydrogens (tertiary/aromatic N) is 1. The molecule has 21 heavy (non-hydrogen) atoms. The van der Waals surface area contributed by atoms with Crippen LogP contribution in [-0.4, -0.2) is 10.8 Å². The van der Waals surface area contributed by atoms with Crippen molar-refractivity contribution in [1.29, 1.82) is 0 Å². The van der Waals surface area contributed by atoms with Crippen LogP contribution in [0.1, 0.15) is 72.8 Å². The molecule has 0 aliphatic rings. The predicted molar refractivity (Wildman–Crippen MR) is 89.3 cm³/mol. The summed E-state index contributed by atoms with van der Waals surface area (Å²) in [5.41, 5.74) is 1.04. The van der Waals surface area contributed by atoms with Crippen molar-refractivity contribution in [3.63, 3.8) is 0 Å². The second-order valence-electron chi connectivity index (χ2n) is 7.95. The highest BCUT2D eigenvalue weighted by Crippen LogP contribution is 2.42. The highest BCUT2D eigenvalue weighted by molar-refractivity contribution is 5.86. The third kappa shape index (κ3) is 4.66. The van der Waals surface area contributed by atoms with Crippen LogP contribution < -0.4 is 0 Å². The van der Waals surface area contributed by atoms with Gasteiger partial charge in [-0.2, -0.15) is 0 Å². The maximum atomic E-state index is 12.8. The number of rotatable bonds is 6. The quantitative estimate of drug-likeness (QED) is 0.716. The maximum absolute atomic E-state index is 12.8. The molecule has 0 aliphatic carbocycles. The molecule has 0 saturated carbocycles. The maximum Gasteiger partial charge on any atom is 0.141 e. The number of carbonyl (C=O) groups is 1. The summed E-state index contributed by atoms with van der Waals surface area (Å²) in [4.78, 5) is 16.8. The topological polar surface area (TPSA) is 30.0 Å². The molecule has 2 unspecified atom stereocenters. The standard InChI is InChI=1S/C19H31NO/c1-8-16(17(21)18(3,4)5)19(6,7)13-14(2)15-9-11-20-12-10-15/h9-12,14,16H,8,13H2,1-7H3. The third-order valence-corrected chi connectivity index (χ3v) is 4.51. The van der Waals surface area contributed by atoms with Gasteiger partial charge in [0, 0.05) is 23.7 Å². The van der Waals surface area contributed by atoms with Gasteiger partial charge in [0.25, 0.3) is 0 Å². The zero-order valence-corrected chi connectivity index (χ0v) is 14.7. The van der Waals surface area contributed by atoms with Crippen LogP contribution in [0.2, 0.25) is 0 Å². The lowest BCUT2D eigenvalue weighted by Gasteiger charge is -2.38. The molecule has 0 radical (unpaired) electrons. The Balaban J connectivity index is 2.90. The Kier molecular flexibility index (Phi) is 5.72. The van der Waals surface area contributed by atoms with Crippen molar-refractivity contribution in [2.45, 2.75) is 67.2 Å². The predicted octanol–water partition coefficient (Wildman–Crippen LogP) is 5.24. The molecule has 2 heteroatoms. The summed E-state index contributed by atoms with van der Waals surface area (Å²) >= 11 is 0. The van der Waals surface area contributed by atoms with Crippen molar-refractivity contribution in [2.24, 2.45) is 16.7 Å². The fourth-order valence-electron chi connectivity index (χ4n) is 3.36. The molecular formula is C19H31NO. The molecule has 118 valence electrons. The van der Waals surface area contributed by atoms with Gasteiger partial charge in [0.2, 0.25) is 0 Å². The molecule has 0 N–H and O–H groups in total. The minimum atomic E-state index is -0.266. The zero-order valence-electron chi connectivity index (χ0n) is 14.7. The summed E-state index contributed by atoms with van der Waals surface area (Å²) in [6, 6.07) is 4.15. The van der Waals surface area contributed by atoms with Crippen LogP contribution in [0.4, 0.5) is 0 Å². The van der Waals surface area contributed by atoms with E-state index in [0.29, 0.717) is 11.7 Å². The molecule has 0 saturated heterocycles. The van der Waals surface area contributed by atoms with Crippen LogP contribution in [0.3, 0.4) is 0 Å². The van der Waals surface area contributed by atoms with Crippen LogP contribution in [0.5, 0.6) is 0 Å². The number of Topliss-reactive ketones (excluding diaryl/α,β-unsaturated/α-hetero) is 1. The lowest BCUT2D eigenvalue weighted by Crippen LogP contribution is -2.38. The Morgan fingerprint density at radius 1 is 1.14 bits per heavy atom. The molecule has 1 aromatic heterocycles. The van der Waals surface area contributed by atoms with Gasteiger partial charge in [0.15, 0.2) is 0 Å². The fraction of sp³-hybridized carbons (Fsp3) is 0.684. The van der Waals surface area contributed by atoms with Gasteiger partial charge in [-0.15, -0.1) is 0 Å². The number of carbonyl (C=O) groups excluding carboxylic acids is 1. The van der Waals surface area contributed by atoms with Gasteiger partial charge >= 0.3 is 0 Å². The number of hydrogen-bond donors (Lipinski definition) is 0. The van der Waals surface area contributed by atoms with Crippen molar-refractivity contribution in [2.75, 3.05) is 0 Å². The number of hydrogen-bond acceptors (Lipinski definition) is 2. The normalized spacial score (nSPS) is 15.6. The smallest absolute Gasteiger partial charge is 0.141 e. The summed E-state index contributed by atoms with van der Waals surface area (Å²) in [5, 5.41) is 0. The third-order valence-electron chi connectivity index (χ3n) is 4.51. The molecule has 2 nitrogen and oxygen atoms in total. The van der Waals surface area contributed by atoms with Gasteiger partial charge in [-0.25, -0.2) is 0 Å². The minimum Gasteiger partial charge on any atom is -0.299 e. The second-order valence-corrected chi connectivity index (χ2v) is 7.95. The Bertz CT molecular complexity index is 456. The van der Waals surface area contributed by atoms with E-state index in [1.54, 1.807) is 0 Å². The van der Waals surface area contributed by atoms with E-state index in [1.807, 2.05) is 33.2 Å². The van der Waals surface area contributed by atoms with Crippen LogP contribution in [0, 0.1) is 16.7 Å². The first kappa shape index (κ1) is 17.9. The van der Waals surface area contributed by atoms with Gasteiger partial charge in [0.05, 0.1) is 0 Å². The van der Waals surface area contributed by atoms with E-state index >= 15 is 0 Å². The summed E-state index contributed by atoms with van der Waals surface area (Å²) in [7, 11) is 0. The number of pyridine rings is 1. The van der Waals surface area contributed by atoms with Crippen molar-refractivity contribution >= 4 is 5.78 Å². The largest absolute Gasteiger partial charge is 0.299 e. The molecule has 1 aromatic rings. The Labute approximate surface area is 130 Å². The van der Waals surface area contributed by atoms with Crippen LogP contribution in [0.25, 0.3) is 0 Å². The van der Waals surface area contributed by atoms with E-state index in [9.17, 15) is 4.79 Å². The molecule has 0 bridgehead atoms. The molecule has 1 rings (SSSR count). The Morgan fingerprint density at radius 2 is 1.67 bits per heavy atom. The van der Waals surface area contributed by atoms with E-state index < -0.39 is 0 Å². The average molecular weight is 289 g/mol. The number of ketones is 1. The van der Waals surface area contributed by atoms with E-state index in [-0.39, 0.29) is 16.7 Å². The summed E-state index contributed by atoms with van der Waals surface area (Å²) < 4.78 is 0. The van der Waals surface area contributed by atoms with E-state index in [1.165, 1.54) is 5.56 Å². The molecule has 0 aromatic carbocycles. The molecule has 0 amide bonds. The Morgan fingerprint density at radius 3 is 2.10 bits per heavy atom. The van der Waals surface area contributed by atoms with E-state index in [4.69, 9.17) is 0 Å². The van der Waals surface area contributed by atoms with Gasteiger partial charge in [-0.1, -0.05) is 48.5 Å². The van der Waals surface area contributed by atoms with Gasteiger partial charge < -0.3 is 0 Å². The Hall–Kier alpha value is -1.18. The molecule has 0 fully saturated rings. The molecule has 1 heterocycles. The first-order valence-electron chi connectivity index (χ1n) is 8.04. The summed E-state index contributed by atoms with van der Waals surface area (Å²) in [6.07, 6.45) is 5.61. The van der Waals surface area contributed by atoms with Gasteiger partial charge in [0.1, 0.15) is 5.78 Å². The zero-order chi connectivity index (χ0) is 16.3. The molecule has 0 aliphatic heterocycles. The fourth-order valence-corrected chi connectivity index (χ4v) is 3.36. The highest BCUT2D eigenvalue weighted by Gasteiger charge is 2.39. The lowest BCUT2D eigenvalue weighted by atomic mass is 9.65. The second kappa shape index (κ2) is 6.72.